The number of aromatic nitrogens is 1. The van der Waals surface area contributed by atoms with Crippen molar-refractivity contribution in [1.82, 2.24) is 10.3 Å². The van der Waals surface area contributed by atoms with Gasteiger partial charge in [0.1, 0.15) is 6.61 Å². The number of carbonyl (C=O) groups is 1. The lowest BCUT2D eigenvalue weighted by Crippen LogP contribution is -2.43. The number of alkyl carbamates (subject to hydrolysis) is 1. The molecule has 1 aromatic rings. The van der Waals surface area contributed by atoms with Gasteiger partial charge in [0.15, 0.2) is 0 Å². The fourth-order valence-electron chi connectivity index (χ4n) is 1.02. The van der Waals surface area contributed by atoms with Crippen molar-refractivity contribution in [1.29, 1.82) is 0 Å². The summed E-state index contributed by atoms with van der Waals surface area (Å²) in [5.74, 6) is 0. The predicted molar refractivity (Wildman–Crippen MR) is 61.9 cm³/mol. The molecule has 0 fully saturated rings. The standard InChI is InChI=1S/C12H18N2O2/c1-4-12(2,3)14-11(15)16-9-10-7-5-6-8-13-10/h5-8H,4,9H2,1-3H3,(H,14,15). The van der Waals surface area contributed by atoms with Gasteiger partial charge in [0, 0.05) is 11.7 Å². The van der Waals surface area contributed by atoms with Crippen molar-refractivity contribution >= 4 is 6.09 Å². The van der Waals surface area contributed by atoms with E-state index in [2.05, 4.69) is 10.3 Å². The van der Waals surface area contributed by atoms with E-state index in [-0.39, 0.29) is 12.1 Å². The summed E-state index contributed by atoms with van der Waals surface area (Å²) in [6.07, 6.45) is 2.12. The van der Waals surface area contributed by atoms with Crippen molar-refractivity contribution in [3.63, 3.8) is 0 Å². The highest BCUT2D eigenvalue weighted by Crippen LogP contribution is 2.07. The summed E-state index contributed by atoms with van der Waals surface area (Å²) in [6.45, 7) is 6.12. The number of carbonyl (C=O) groups excluding carboxylic acids is 1. The summed E-state index contributed by atoms with van der Waals surface area (Å²) in [5, 5.41) is 2.79. The largest absolute Gasteiger partial charge is 0.443 e. The number of ether oxygens (including phenoxy) is 1. The van der Waals surface area contributed by atoms with Gasteiger partial charge in [0.25, 0.3) is 0 Å². The van der Waals surface area contributed by atoms with E-state index in [1.807, 2.05) is 39.0 Å². The highest BCUT2D eigenvalue weighted by Gasteiger charge is 2.18. The molecule has 4 nitrogen and oxygen atoms in total. The predicted octanol–water partition coefficient (Wildman–Crippen LogP) is 2.50. The molecule has 1 aromatic heterocycles. The van der Waals surface area contributed by atoms with Crippen LogP contribution in [0, 0.1) is 0 Å². The second-order valence-corrected chi connectivity index (χ2v) is 4.26. The van der Waals surface area contributed by atoms with E-state index in [4.69, 9.17) is 4.74 Å². The maximum atomic E-state index is 11.4. The second kappa shape index (κ2) is 5.49. The van der Waals surface area contributed by atoms with Crippen molar-refractivity contribution in [3.05, 3.63) is 30.1 Å². The van der Waals surface area contributed by atoms with Crippen molar-refractivity contribution in [3.8, 4) is 0 Å². The fraction of sp³-hybridized carbons (Fsp3) is 0.500. The molecular weight excluding hydrogens is 204 g/mol. The van der Waals surface area contributed by atoms with E-state index in [9.17, 15) is 4.79 Å². The van der Waals surface area contributed by atoms with Crippen LogP contribution in [-0.4, -0.2) is 16.6 Å². The molecule has 0 atom stereocenters. The molecule has 88 valence electrons. The topological polar surface area (TPSA) is 51.2 Å². The van der Waals surface area contributed by atoms with Crippen LogP contribution in [0.1, 0.15) is 32.9 Å². The van der Waals surface area contributed by atoms with Gasteiger partial charge in [-0.15, -0.1) is 0 Å². The maximum absolute atomic E-state index is 11.4. The van der Waals surface area contributed by atoms with E-state index in [0.29, 0.717) is 0 Å². The molecule has 0 unspecified atom stereocenters. The molecule has 0 aliphatic rings. The molecule has 0 saturated carbocycles. The number of hydrogen-bond acceptors (Lipinski definition) is 3. The molecule has 1 N–H and O–H groups in total. The highest BCUT2D eigenvalue weighted by atomic mass is 16.5. The molecule has 1 amide bonds. The van der Waals surface area contributed by atoms with Gasteiger partial charge in [-0.2, -0.15) is 0 Å². The van der Waals surface area contributed by atoms with Gasteiger partial charge >= 0.3 is 6.09 Å². The Morgan fingerprint density at radius 2 is 2.25 bits per heavy atom. The molecule has 16 heavy (non-hydrogen) atoms. The number of hydrogen-bond donors (Lipinski definition) is 1. The third-order valence-electron chi connectivity index (χ3n) is 2.40. The van der Waals surface area contributed by atoms with E-state index in [1.165, 1.54) is 0 Å². The van der Waals surface area contributed by atoms with E-state index in [0.717, 1.165) is 12.1 Å². The minimum absolute atomic E-state index is 0.201. The second-order valence-electron chi connectivity index (χ2n) is 4.26. The lowest BCUT2D eigenvalue weighted by atomic mass is 10.0. The number of nitrogens with one attached hydrogen (secondary N) is 1. The SMILES string of the molecule is CCC(C)(C)NC(=O)OCc1ccccn1. The lowest BCUT2D eigenvalue weighted by Gasteiger charge is -2.23. The maximum Gasteiger partial charge on any atom is 0.407 e. The Labute approximate surface area is 96.0 Å². The monoisotopic (exact) mass is 222 g/mol. The fourth-order valence-corrected chi connectivity index (χ4v) is 1.02. The quantitative estimate of drug-likeness (QED) is 0.851. The number of nitrogens with zero attached hydrogens (tertiary/aromatic N) is 1. The van der Waals surface area contributed by atoms with Crippen LogP contribution < -0.4 is 5.32 Å². The average Bonchev–Trinajstić information content (AvgIpc) is 2.27. The summed E-state index contributed by atoms with van der Waals surface area (Å²) in [4.78, 5) is 15.5. The summed E-state index contributed by atoms with van der Waals surface area (Å²) >= 11 is 0. The van der Waals surface area contributed by atoms with Gasteiger partial charge in [-0.05, 0) is 32.4 Å². The zero-order valence-electron chi connectivity index (χ0n) is 9.99. The van der Waals surface area contributed by atoms with Crippen LogP contribution >= 0.6 is 0 Å². The molecule has 0 aliphatic carbocycles. The number of rotatable bonds is 4. The minimum Gasteiger partial charge on any atom is -0.443 e. The Bertz CT molecular complexity index is 336. The van der Waals surface area contributed by atoms with Crippen LogP contribution in [0.3, 0.4) is 0 Å². The first-order valence-electron chi connectivity index (χ1n) is 5.38. The molecule has 0 aliphatic heterocycles. The molecule has 0 saturated heterocycles. The summed E-state index contributed by atoms with van der Waals surface area (Å²) in [5.41, 5.74) is 0.508. The van der Waals surface area contributed by atoms with Crippen molar-refractivity contribution in [2.24, 2.45) is 0 Å². The number of pyridine rings is 1. The molecule has 4 heteroatoms. The zero-order chi connectivity index (χ0) is 12.0. The lowest BCUT2D eigenvalue weighted by molar-refractivity contribution is 0.128. The molecule has 0 radical (unpaired) electrons. The van der Waals surface area contributed by atoms with E-state index in [1.54, 1.807) is 6.20 Å². The van der Waals surface area contributed by atoms with Crippen molar-refractivity contribution < 1.29 is 9.53 Å². The Morgan fingerprint density at radius 3 is 2.81 bits per heavy atom. The normalized spacial score (nSPS) is 10.9. The van der Waals surface area contributed by atoms with Gasteiger partial charge in [-0.3, -0.25) is 4.98 Å². The molecule has 1 rings (SSSR count). The van der Waals surface area contributed by atoms with Crippen LogP contribution in [0.25, 0.3) is 0 Å². The average molecular weight is 222 g/mol. The Hall–Kier alpha value is -1.58. The molecule has 0 spiro atoms. The Balaban J connectivity index is 2.36. The zero-order valence-corrected chi connectivity index (χ0v) is 9.99. The summed E-state index contributed by atoms with van der Waals surface area (Å²) < 4.78 is 5.05. The first-order valence-corrected chi connectivity index (χ1v) is 5.38. The third-order valence-corrected chi connectivity index (χ3v) is 2.40. The van der Waals surface area contributed by atoms with Crippen LogP contribution in [-0.2, 0) is 11.3 Å². The van der Waals surface area contributed by atoms with Crippen LogP contribution in [0.5, 0.6) is 0 Å². The number of amides is 1. The van der Waals surface area contributed by atoms with Gasteiger partial charge in [0.2, 0.25) is 0 Å². The van der Waals surface area contributed by atoms with Gasteiger partial charge < -0.3 is 10.1 Å². The minimum atomic E-state index is -0.405. The molecule has 0 aromatic carbocycles. The summed E-state index contributed by atoms with van der Waals surface area (Å²) in [6, 6.07) is 5.50. The van der Waals surface area contributed by atoms with Crippen molar-refractivity contribution in [2.45, 2.75) is 39.3 Å². The molecule has 0 bridgehead atoms. The smallest absolute Gasteiger partial charge is 0.407 e. The molecular formula is C12H18N2O2. The van der Waals surface area contributed by atoms with E-state index >= 15 is 0 Å². The van der Waals surface area contributed by atoms with Crippen LogP contribution in [0.2, 0.25) is 0 Å². The summed E-state index contributed by atoms with van der Waals surface area (Å²) in [7, 11) is 0. The van der Waals surface area contributed by atoms with Gasteiger partial charge in [0.05, 0.1) is 5.69 Å². The first kappa shape index (κ1) is 12.5. The first-order chi connectivity index (χ1) is 7.53. The van der Waals surface area contributed by atoms with Gasteiger partial charge in [-0.25, -0.2) is 4.79 Å². The Morgan fingerprint density at radius 1 is 1.50 bits per heavy atom. The highest BCUT2D eigenvalue weighted by molar-refractivity contribution is 5.68. The molecule has 1 heterocycles. The van der Waals surface area contributed by atoms with E-state index < -0.39 is 6.09 Å². The Kier molecular flexibility index (Phi) is 4.28. The van der Waals surface area contributed by atoms with Crippen molar-refractivity contribution in [2.75, 3.05) is 0 Å². The van der Waals surface area contributed by atoms with Gasteiger partial charge in [-0.1, -0.05) is 13.0 Å². The third kappa shape index (κ3) is 4.29. The van der Waals surface area contributed by atoms with Crippen LogP contribution in [0.15, 0.2) is 24.4 Å². The van der Waals surface area contributed by atoms with Crippen LogP contribution in [0.4, 0.5) is 4.79 Å².